The van der Waals surface area contributed by atoms with Gasteiger partial charge in [0.2, 0.25) is 10.0 Å². The van der Waals surface area contributed by atoms with Crippen LogP contribution < -0.4 is 4.74 Å². The fourth-order valence-corrected chi connectivity index (χ4v) is 3.77. The van der Waals surface area contributed by atoms with Crippen molar-refractivity contribution in [3.63, 3.8) is 0 Å². The standard InChI is InChI=1S/C12H18ClNO5S2/c1-14(6-7-20(3,15)16)21(17,18)11-4-5-12(19-2)10(8-11)9-13/h4-5,8H,6-7,9H2,1-3H3. The summed E-state index contributed by atoms with van der Waals surface area (Å²) in [5.41, 5.74) is 0.553. The zero-order valence-corrected chi connectivity index (χ0v) is 14.4. The largest absolute Gasteiger partial charge is 0.496 e. The normalized spacial score (nSPS) is 12.6. The van der Waals surface area contributed by atoms with Gasteiger partial charge in [-0.2, -0.15) is 4.31 Å². The van der Waals surface area contributed by atoms with Gasteiger partial charge in [0.15, 0.2) is 0 Å². The highest BCUT2D eigenvalue weighted by Gasteiger charge is 2.22. The summed E-state index contributed by atoms with van der Waals surface area (Å²) in [6, 6.07) is 4.36. The lowest BCUT2D eigenvalue weighted by Gasteiger charge is -2.17. The molecule has 1 aromatic carbocycles. The molecule has 0 aliphatic rings. The Morgan fingerprint density at radius 2 is 1.86 bits per heavy atom. The van der Waals surface area contributed by atoms with Gasteiger partial charge in [-0.3, -0.25) is 0 Å². The summed E-state index contributed by atoms with van der Waals surface area (Å²) in [4.78, 5) is 0.0509. The van der Waals surface area contributed by atoms with E-state index in [0.29, 0.717) is 11.3 Å². The van der Waals surface area contributed by atoms with Crippen LogP contribution in [0.15, 0.2) is 23.1 Å². The Labute approximate surface area is 130 Å². The molecular weight excluding hydrogens is 338 g/mol. The van der Waals surface area contributed by atoms with Crippen molar-refractivity contribution < 1.29 is 21.6 Å². The first-order chi connectivity index (χ1) is 9.61. The molecule has 0 amide bonds. The summed E-state index contributed by atoms with van der Waals surface area (Å²) in [7, 11) is -4.19. The molecule has 1 rings (SSSR count). The number of ether oxygens (including phenoxy) is 1. The molecule has 0 saturated heterocycles. The zero-order valence-electron chi connectivity index (χ0n) is 12.0. The minimum atomic E-state index is -3.76. The Balaban J connectivity index is 3.07. The second-order valence-electron chi connectivity index (χ2n) is 4.56. The number of halogens is 1. The van der Waals surface area contributed by atoms with Crippen molar-refractivity contribution in [1.29, 1.82) is 0 Å². The van der Waals surface area contributed by atoms with E-state index < -0.39 is 19.9 Å². The summed E-state index contributed by atoms with van der Waals surface area (Å²) >= 11 is 5.77. The molecule has 9 heteroatoms. The molecule has 0 aliphatic heterocycles. The van der Waals surface area contributed by atoms with Crippen LogP contribution >= 0.6 is 11.6 Å². The number of hydrogen-bond donors (Lipinski definition) is 0. The maximum atomic E-state index is 12.4. The molecule has 0 unspecified atom stereocenters. The van der Waals surface area contributed by atoms with Gasteiger partial charge in [0, 0.05) is 25.4 Å². The van der Waals surface area contributed by atoms with Crippen LogP contribution in [0.3, 0.4) is 0 Å². The Kier molecular flexibility index (Phi) is 6.03. The number of rotatable bonds is 7. The summed E-state index contributed by atoms with van der Waals surface area (Å²) in [5, 5.41) is 0. The monoisotopic (exact) mass is 355 g/mol. The summed E-state index contributed by atoms with van der Waals surface area (Å²) in [6.45, 7) is -0.108. The Hall–Kier alpha value is -0.830. The van der Waals surface area contributed by atoms with Gasteiger partial charge in [-0.25, -0.2) is 16.8 Å². The topological polar surface area (TPSA) is 80.8 Å². The lowest BCUT2D eigenvalue weighted by Crippen LogP contribution is -2.31. The molecule has 0 spiro atoms. The lowest BCUT2D eigenvalue weighted by molar-refractivity contribution is 0.410. The van der Waals surface area contributed by atoms with Crippen LogP contribution in [-0.2, 0) is 25.7 Å². The second kappa shape index (κ2) is 6.95. The van der Waals surface area contributed by atoms with Crippen LogP contribution in [0.4, 0.5) is 0 Å². The van der Waals surface area contributed by atoms with E-state index in [-0.39, 0.29) is 23.1 Å². The third-order valence-corrected chi connectivity index (χ3v) is 5.95. The Morgan fingerprint density at radius 1 is 1.24 bits per heavy atom. The van der Waals surface area contributed by atoms with Gasteiger partial charge >= 0.3 is 0 Å². The fraction of sp³-hybridized carbons (Fsp3) is 0.500. The van der Waals surface area contributed by atoms with E-state index in [1.165, 1.54) is 32.4 Å². The maximum absolute atomic E-state index is 12.4. The molecule has 120 valence electrons. The molecule has 21 heavy (non-hydrogen) atoms. The van der Waals surface area contributed by atoms with Crippen LogP contribution in [0.1, 0.15) is 5.56 Å². The highest BCUT2D eigenvalue weighted by molar-refractivity contribution is 7.91. The minimum Gasteiger partial charge on any atom is -0.496 e. The van der Waals surface area contributed by atoms with Crippen molar-refractivity contribution in [1.82, 2.24) is 4.31 Å². The van der Waals surface area contributed by atoms with Crippen LogP contribution in [0.2, 0.25) is 0 Å². The number of methoxy groups -OCH3 is 1. The van der Waals surface area contributed by atoms with E-state index in [1.807, 2.05) is 0 Å². The number of sulfonamides is 1. The minimum absolute atomic E-state index is 0.0509. The number of benzene rings is 1. The number of hydrogen-bond acceptors (Lipinski definition) is 5. The molecule has 0 aromatic heterocycles. The van der Waals surface area contributed by atoms with Crippen LogP contribution in [0, 0.1) is 0 Å². The van der Waals surface area contributed by atoms with Crippen LogP contribution in [0.25, 0.3) is 0 Å². The lowest BCUT2D eigenvalue weighted by atomic mass is 10.2. The van der Waals surface area contributed by atoms with Crippen molar-refractivity contribution >= 4 is 31.5 Å². The zero-order chi connectivity index (χ0) is 16.3. The van der Waals surface area contributed by atoms with E-state index >= 15 is 0 Å². The molecule has 0 aliphatic carbocycles. The predicted octanol–water partition coefficient (Wildman–Crippen LogP) is 1.10. The quantitative estimate of drug-likeness (QED) is 0.684. The molecule has 0 N–H and O–H groups in total. The molecule has 1 aromatic rings. The Morgan fingerprint density at radius 3 is 2.33 bits per heavy atom. The van der Waals surface area contributed by atoms with Gasteiger partial charge < -0.3 is 4.74 Å². The third kappa shape index (κ3) is 4.84. The second-order valence-corrected chi connectivity index (χ2v) is 9.14. The number of alkyl halides is 1. The van der Waals surface area contributed by atoms with E-state index in [0.717, 1.165) is 10.6 Å². The molecule has 6 nitrogen and oxygen atoms in total. The summed E-state index contributed by atoms with van der Waals surface area (Å²) in [5.74, 6) is 0.378. The average Bonchev–Trinajstić information content (AvgIpc) is 2.42. The average molecular weight is 356 g/mol. The van der Waals surface area contributed by atoms with Crippen molar-refractivity contribution in [2.24, 2.45) is 0 Å². The smallest absolute Gasteiger partial charge is 0.242 e. The van der Waals surface area contributed by atoms with E-state index in [1.54, 1.807) is 0 Å². The molecule has 0 bridgehead atoms. The Bertz CT molecular complexity index is 700. The predicted molar refractivity (Wildman–Crippen MR) is 82.1 cm³/mol. The van der Waals surface area contributed by atoms with Crippen LogP contribution in [-0.4, -0.2) is 53.9 Å². The van der Waals surface area contributed by atoms with Crippen molar-refractivity contribution in [3.8, 4) is 5.75 Å². The van der Waals surface area contributed by atoms with E-state index in [4.69, 9.17) is 16.3 Å². The molecule has 0 heterocycles. The molecular formula is C12H18ClNO5S2. The molecule has 0 radical (unpaired) electrons. The van der Waals surface area contributed by atoms with E-state index in [2.05, 4.69) is 0 Å². The highest BCUT2D eigenvalue weighted by Crippen LogP contribution is 2.25. The fourth-order valence-electron chi connectivity index (χ4n) is 1.61. The van der Waals surface area contributed by atoms with Gasteiger partial charge in [0.1, 0.15) is 15.6 Å². The molecule has 0 fully saturated rings. The first-order valence-electron chi connectivity index (χ1n) is 5.98. The number of nitrogens with zero attached hydrogens (tertiary/aromatic N) is 1. The van der Waals surface area contributed by atoms with Gasteiger partial charge in [0.25, 0.3) is 0 Å². The van der Waals surface area contributed by atoms with Gasteiger partial charge in [-0.1, -0.05) is 0 Å². The maximum Gasteiger partial charge on any atom is 0.242 e. The van der Waals surface area contributed by atoms with Gasteiger partial charge in [-0.15, -0.1) is 11.6 Å². The number of sulfone groups is 1. The molecule has 0 atom stereocenters. The highest BCUT2D eigenvalue weighted by atomic mass is 35.5. The molecule has 0 saturated carbocycles. The SMILES string of the molecule is COc1ccc(S(=O)(=O)N(C)CCS(C)(=O)=O)cc1CCl. The summed E-state index contributed by atoms with van der Waals surface area (Å²) in [6.07, 6.45) is 1.06. The van der Waals surface area contributed by atoms with Crippen molar-refractivity contribution in [2.45, 2.75) is 10.8 Å². The van der Waals surface area contributed by atoms with Crippen molar-refractivity contribution in [3.05, 3.63) is 23.8 Å². The van der Waals surface area contributed by atoms with E-state index in [9.17, 15) is 16.8 Å². The third-order valence-electron chi connectivity index (χ3n) is 2.88. The van der Waals surface area contributed by atoms with Crippen molar-refractivity contribution in [2.75, 3.05) is 32.7 Å². The first-order valence-corrected chi connectivity index (χ1v) is 10.0. The van der Waals surface area contributed by atoms with Gasteiger partial charge in [0.05, 0.1) is 23.6 Å². The summed E-state index contributed by atoms with van der Waals surface area (Å²) < 4.78 is 53.1. The van der Waals surface area contributed by atoms with Gasteiger partial charge in [-0.05, 0) is 18.2 Å². The van der Waals surface area contributed by atoms with Crippen LogP contribution in [0.5, 0.6) is 5.75 Å². The first kappa shape index (κ1) is 18.2.